The minimum atomic E-state index is 0.599. The lowest BCUT2D eigenvalue weighted by molar-refractivity contribution is 1.18. The zero-order valence-corrected chi connectivity index (χ0v) is 25.8. The fourth-order valence-electron chi connectivity index (χ4n) is 7.23. The van der Waals surface area contributed by atoms with Crippen LogP contribution < -0.4 is 0 Å². The van der Waals surface area contributed by atoms with Crippen molar-refractivity contribution in [3.8, 4) is 45.8 Å². The number of hydrogen-bond acceptors (Lipinski definition) is 2. The predicted octanol–water partition coefficient (Wildman–Crippen LogP) is 11.0. The Morgan fingerprint density at radius 1 is 0.375 bits per heavy atom. The normalized spacial score (nSPS) is 11.3. The smallest absolute Gasteiger partial charge is 0.0992 e. The lowest BCUT2D eigenvalue weighted by Crippen LogP contribution is -1.95. The summed E-state index contributed by atoms with van der Waals surface area (Å²) in [6.45, 7) is 0. The van der Waals surface area contributed by atoms with Crippen molar-refractivity contribution in [1.29, 1.82) is 10.5 Å². The number of fused-ring (bicyclic) bond motifs is 6. The van der Waals surface area contributed by atoms with Gasteiger partial charge in [0, 0.05) is 38.5 Å². The van der Waals surface area contributed by atoms with Gasteiger partial charge in [-0.3, -0.25) is 0 Å². The molecule has 4 nitrogen and oxygen atoms in total. The Morgan fingerprint density at radius 2 is 1.04 bits per heavy atom. The zero-order chi connectivity index (χ0) is 32.2. The summed E-state index contributed by atoms with van der Waals surface area (Å²) in [6, 6.07) is 59.1. The minimum Gasteiger partial charge on any atom is -0.309 e. The molecule has 2 heterocycles. The molecule has 0 saturated heterocycles. The summed E-state index contributed by atoms with van der Waals surface area (Å²) in [7, 11) is 0. The largest absolute Gasteiger partial charge is 0.309 e. The maximum Gasteiger partial charge on any atom is 0.0992 e. The summed E-state index contributed by atoms with van der Waals surface area (Å²) in [5.41, 5.74) is 12.1. The number of aromatic nitrogens is 2. The summed E-state index contributed by atoms with van der Waals surface area (Å²) < 4.78 is 4.57. The standard InChI is InChI=1S/C44H26N4/c45-27-29-9-6-14-35(23-29)47-42-22-19-30(28-46)24-40(42)38-21-20-32(26-43(38)47)31-10-7-11-33(25-31)36-16-8-17-39-37-15-4-5-18-41(37)48(44(36)39)34-12-2-1-3-13-34/h1-26H. The van der Waals surface area contributed by atoms with Crippen LogP contribution >= 0.6 is 0 Å². The molecule has 9 aromatic rings. The fourth-order valence-corrected chi connectivity index (χ4v) is 7.23. The van der Waals surface area contributed by atoms with Crippen LogP contribution in [0.15, 0.2) is 158 Å². The van der Waals surface area contributed by atoms with Gasteiger partial charge in [-0.05, 0) is 83.4 Å². The number of benzene rings is 7. The molecule has 0 aliphatic rings. The maximum atomic E-state index is 9.67. The number of para-hydroxylation sites is 3. The van der Waals surface area contributed by atoms with Crippen molar-refractivity contribution >= 4 is 43.6 Å². The summed E-state index contributed by atoms with van der Waals surface area (Å²) in [5, 5.41) is 23.8. The van der Waals surface area contributed by atoms with Crippen LogP contribution in [0.5, 0.6) is 0 Å². The molecule has 4 heteroatoms. The highest BCUT2D eigenvalue weighted by Gasteiger charge is 2.18. The Labute approximate surface area is 277 Å². The average Bonchev–Trinajstić information content (AvgIpc) is 3.67. The van der Waals surface area contributed by atoms with Gasteiger partial charge < -0.3 is 9.13 Å². The van der Waals surface area contributed by atoms with Crippen molar-refractivity contribution in [2.45, 2.75) is 0 Å². The van der Waals surface area contributed by atoms with Gasteiger partial charge in [-0.25, -0.2) is 0 Å². The van der Waals surface area contributed by atoms with E-state index < -0.39 is 0 Å². The highest BCUT2D eigenvalue weighted by atomic mass is 15.0. The summed E-state index contributed by atoms with van der Waals surface area (Å²) in [5.74, 6) is 0. The van der Waals surface area contributed by atoms with Crippen molar-refractivity contribution in [3.05, 3.63) is 169 Å². The van der Waals surface area contributed by atoms with Crippen LogP contribution in [0.2, 0.25) is 0 Å². The first-order valence-electron chi connectivity index (χ1n) is 15.9. The van der Waals surface area contributed by atoms with Gasteiger partial charge in [-0.15, -0.1) is 0 Å². The number of rotatable bonds is 4. The van der Waals surface area contributed by atoms with Gasteiger partial charge in [0.1, 0.15) is 0 Å². The lowest BCUT2D eigenvalue weighted by atomic mass is 9.96. The van der Waals surface area contributed by atoms with Crippen molar-refractivity contribution in [1.82, 2.24) is 9.13 Å². The summed E-state index contributed by atoms with van der Waals surface area (Å²) >= 11 is 0. The number of nitrogens with zero attached hydrogens (tertiary/aromatic N) is 4. The van der Waals surface area contributed by atoms with Crippen LogP contribution in [-0.4, -0.2) is 9.13 Å². The molecule has 0 aliphatic heterocycles. The van der Waals surface area contributed by atoms with E-state index in [1.807, 2.05) is 42.5 Å². The van der Waals surface area contributed by atoms with Crippen molar-refractivity contribution in [3.63, 3.8) is 0 Å². The molecule has 2 aromatic heterocycles. The van der Waals surface area contributed by atoms with E-state index in [0.717, 1.165) is 49.9 Å². The Bertz CT molecular complexity index is 2800. The van der Waals surface area contributed by atoms with Gasteiger partial charge in [0.2, 0.25) is 0 Å². The van der Waals surface area contributed by atoms with E-state index in [0.29, 0.717) is 11.1 Å². The van der Waals surface area contributed by atoms with Crippen LogP contribution in [0.25, 0.3) is 77.2 Å². The number of nitriles is 2. The van der Waals surface area contributed by atoms with Crippen molar-refractivity contribution in [2.24, 2.45) is 0 Å². The second-order valence-electron chi connectivity index (χ2n) is 12.0. The molecule has 0 aliphatic carbocycles. The summed E-state index contributed by atoms with van der Waals surface area (Å²) in [4.78, 5) is 0. The first kappa shape index (κ1) is 27.4. The third-order valence-corrected chi connectivity index (χ3v) is 9.34. The molecule has 0 bridgehead atoms. The maximum absolute atomic E-state index is 9.67. The topological polar surface area (TPSA) is 57.4 Å². The van der Waals surface area contributed by atoms with E-state index in [1.54, 1.807) is 0 Å². The predicted molar refractivity (Wildman–Crippen MR) is 195 cm³/mol. The zero-order valence-electron chi connectivity index (χ0n) is 25.8. The third kappa shape index (κ3) is 4.22. The van der Waals surface area contributed by atoms with Crippen LogP contribution in [0, 0.1) is 22.7 Å². The molecule has 0 unspecified atom stereocenters. The van der Waals surface area contributed by atoms with Crippen LogP contribution in [0.4, 0.5) is 0 Å². The molecular weight excluding hydrogens is 585 g/mol. The minimum absolute atomic E-state index is 0.599. The molecule has 7 aromatic carbocycles. The third-order valence-electron chi connectivity index (χ3n) is 9.34. The van der Waals surface area contributed by atoms with Crippen LogP contribution in [0.3, 0.4) is 0 Å². The first-order valence-corrected chi connectivity index (χ1v) is 15.9. The lowest BCUT2D eigenvalue weighted by Gasteiger charge is -2.13. The Hall–Kier alpha value is -6.88. The van der Waals surface area contributed by atoms with Crippen molar-refractivity contribution in [2.75, 3.05) is 0 Å². The monoisotopic (exact) mass is 610 g/mol. The van der Waals surface area contributed by atoms with E-state index in [1.165, 1.54) is 27.4 Å². The number of hydrogen-bond donors (Lipinski definition) is 0. The van der Waals surface area contributed by atoms with E-state index in [4.69, 9.17) is 0 Å². The van der Waals surface area contributed by atoms with Crippen LogP contribution in [-0.2, 0) is 0 Å². The molecule has 0 fully saturated rings. The Morgan fingerprint density at radius 3 is 1.92 bits per heavy atom. The quantitative estimate of drug-likeness (QED) is 0.199. The fraction of sp³-hybridized carbons (Fsp3) is 0. The molecule has 0 amide bonds. The molecule has 0 N–H and O–H groups in total. The van der Waals surface area contributed by atoms with Crippen LogP contribution in [0.1, 0.15) is 11.1 Å². The first-order chi connectivity index (χ1) is 23.7. The molecule has 48 heavy (non-hydrogen) atoms. The average molecular weight is 611 g/mol. The van der Waals surface area contributed by atoms with E-state index in [9.17, 15) is 10.5 Å². The Kier molecular flexibility index (Phi) is 6.22. The van der Waals surface area contributed by atoms with Crippen molar-refractivity contribution < 1.29 is 0 Å². The van der Waals surface area contributed by atoms with Gasteiger partial charge in [-0.2, -0.15) is 10.5 Å². The molecule has 0 atom stereocenters. The highest BCUT2D eigenvalue weighted by Crippen LogP contribution is 2.40. The van der Waals surface area contributed by atoms with Gasteiger partial charge in [0.05, 0.1) is 45.3 Å². The molecule has 0 radical (unpaired) electrons. The van der Waals surface area contributed by atoms with Gasteiger partial charge >= 0.3 is 0 Å². The van der Waals surface area contributed by atoms with Gasteiger partial charge in [0.25, 0.3) is 0 Å². The second-order valence-corrected chi connectivity index (χ2v) is 12.0. The SMILES string of the molecule is N#Cc1cccc(-n2c3ccc(C#N)cc3c3ccc(-c4cccc(-c5cccc6c7ccccc7n(-c7ccccc7)c56)c4)cc32)c1. The molecule has 0 saturated carbocycles. The van der Waals surface area contributed by atoms with Gasteiger partial charge in [0.15, 0.2) is 0 Å². The summed E-state index contributed by atoms with van der Waals surface area (Å²) in [6.07, 6.45) is 0. The molecule has 9 rings (SSSR count). The van der Waals surface area contributed by atoms with Gasteiger partial charge in [-0.1, -0.05) is 91.0 Å². The van der Waals surface area contributed by atoms with E-state index in [2.05, 4.69) is 137 Å². The molecule has 222 valence electrons. The molecular formula is C44H26N4. The van der Waals surface area contributed by atoms with E-state index >= 15 is 0 Å². The second kappa shape index (κ2) is 10.9. The van der Waals surface area contributed by atoms with E-state index in [-0.39, 0.29) is 0 Å². The Balaban J connectivity index is 1.26. The highest BCUT2D eigenvalue weighted by molar-refractivity contribution is 6.14. The molecule has 0 spiro atoms.